The molecule has 0 saturated carbocycles. The zero-order chi connectivity index (χ0) is 12.1. The number of nitrogens with one attached hydrogen (secondary N) is 1. The molecular weight excluding hydrogens is 208 g/mol. The molecule has 1 rings (SSSR count). The van der Waals surface area contributed by atoms with E-state index in [-0.39, 0.29) is 12.5 Å². The van der Waals surface area contributed by atoms with Gasteiger partial charge in [0.25, 0.3) is 0 Å². The van der Waals surface area contributed by atoms with Crippen molar-refractivity contribution in [3.8, 4) is 0 Å². The number of aliphatic hydroxyl groups is 2. The highest BCUT2D eigenvalue weighted by Crippen LogP contribution is 2.14. The van der Waals surface area contributed by atoms with Gasteiger partial charge in [-0.15, -0.1) is 0 Å². The van der Waals surface area contributed by atoms with Gasteiger partial charge in [0.2, 0.25) is 5.91 Å². The lowest BCUT2D eigenvalue weighted by molar-refractivity contribution is -0.119. The predicted octanol–water partition coefficient (Wildman–Crippen LogP) is -0.0796. The van der Waals surface area contributed by atoms with Gasteiger partial charge < -0.3 is 15.5 Å². The second-order valence-electron chi connectivity index (χ2n) is 3.65. The van der Waals surface area contributed by atoms with Gasteiger partial charge in [-0.2, -0.15) is 0 Å². The first kappa shape index (κ1) is 12.6. The number of amides is 1. The second-order valence-corrected chi connectivity index (χ2v) is 3.65. The Kier molecular flexibility index (Phi) is 4.39. The molecule has 0 fully saturated rings. The van der Waals surface area contributed by atoms with Gasteiger partial charge in [-0.3, -0.25) is 9.78 Å². The Bertz CT molecular complexity index is 368. The first-order valence-corrected chi connectivity index (χ1v) is 5.05. The Labute approximate surface area is 94.1 Å². The monoisotopic (exact) mass is 224 g/mol. The van der Waals surface area contributed by atoms with E-state index < -0.39 is 12.2 Å². The van der Waals surface area contributed by atoms with Crippen molar-refractivity contribution in [3.63, 3.8) is 0 Å². The fraction of sp³-hybridized carbons (Fsp3) is 0.455. The van der Waals surface area contributed by atoms with Crippen molar-refractivity contribution in [3.05, 3.63) is 29.6 Å². The molecule has 88 valence electrons. The van der Waals surface area contributed by atoms with Crippen molar-refractivity contribution in [2.24, 2.45) is 0 Å². The molecule has 0 radical (unpaired) electrons. The normalized spacial score (nSPS) is 14.2. The van der Waals surface area contributed by atoms with Crippen LogP contribution in [-0.4, -0.2) is 33.8 Å². The third kappa shape index (κ3) is 3.60. The average Bonchev–Trinajstić information content (AvgIpc) is 2.24. The standard InChI is InChI=1S/C11H16N2O3/c1-7-4-3-5-9(13-7)11(16)10(15)6-12-8(2)14/h3-5,10-11,15-16H,6H2,1-2H3,(H,12,14). The zero-order valence-corrected chi connectivity index (χ0v) is 9.34. The minimum absolute atomic E-state index is 0.00607. The number of rotatable bonds is 4. The lowest BCUT2D eigenvalue weighted by Gasteiger charge is -2.17. The van der Waals surface area contributed by atoms with E-state index in [0.717, 1.165) is 5.69 Å². The third-order valence-electron chi connectivity index (χ3n) is 2.14. The second kappa shape index (κ2) is 5.58. The largest absolute Gasteiger partial charge is 0.388 e. The summed E-state index contributed by atoms with van der Waals surface area (Å²) < 4.78 is 0. The summed E-state index contributed by atoms with van der Waals surface area (Å²) in [5.41, 5.74) is 1.17. The summed E-state index contributed by atoms with van der Waals surface area (Å²) in [5.74, 6) is -0.247. The van der Waals surface area contributed by atoms with E-state index >= 15 is 0 Å². The van der Waals surface area contributed by atoms with Crippen LogP contribution in [0, 0.1) is 6.92 Å². The van der Waals surface area contributed by atoms with Gasteiger partial charge in [-0.05, 0) is 19.1 Å². The van der Waals surface area contributed by atoms with Crippen LogP contribution < -0.4 is 5.32 Å². The number of hydrogen-bond donors (Lipinski definition) is 3. The number of nitrogens with zero attached hydrogens (tertiary/aromatic N) is 1. The topological polar surface area (TPSA) is 82.5 Å². The summed E-state index contributed by atoms with van der Waals surface area (Å²) in [6.45, 7) is 3.16. The Hall–Kier alpha value is -1.46. The Morgan fingerprint density at radius 2 is 2.19 bits per heavy atom. The summed E-state index contributed by atoms with van der Waals surface area (Å²) in [7, 11) is 0. The van der Waals surface area contributed by atoms with Crippen LogP contribution in [0.3, 0.4) is 0 Å². The summed E-state index contributed by atoms with van der Waals surface area (Å²) in [5, 5.41) is 21.8. The maximum Gasteiger partial charge on any atom is 0.216 e. The average molecular weight is 224 g/mol. The van der Waals surface area contributed by atoms with E-state index in [1.54, 1.807) is 25.1 Å². The van der Waals surface area contributed by atoms with E-state index in [9.17, 15) is 15.0 Å². The number of carbonyl (C=O) groups excluding carboxylic acids is 1. The molecule has 2 unspecified atom stereocenters. The van der Waals surface area contributed by atoms with Crippen LogP contribution in [0.1, 0.15) is 24.4 Å². The Balaban J connectivity index is 2.62. The van der Waals surface area contributed by atoms with Crippen LogP contribution in [0.25, 0.3) is 0 Å². The SMILES string of the molecule is CC(=O)NCC(O)C(O)c1cccc(C)n1. The number of pyridine rings is 1. The molecule has 0 aliphatic rings. The third-order valence-corrected chi connectivity index (χ3v) is 2.14. The molecule has 16 heavy (non-hydrogen) atoms. The van der Waals surface area contributed by atoms with E-state index in [0.29, 0.717) is 5.69 Å². The van der Waals surface area contributed by atoms with Crippen LogP contribution in [0.2, 0.25) is 0 Å². The summed E-state index contributed by atoms with van der Waals surface area (Å²) in [6.07, 6.45) is -2.15. The minimum atomic E-state index is -1.09. The summed E-state index contributed by atoms with van der Waals surface area (Å²) in [4.78, 5) is 14.7. The molecule has 0 aliphatic carbocycles. The first-order valence-electron chi connectivity index (χ1n) is 5.05. The maximum absolute atomic E-state index is 10.6. The van der Waals surface area contributed by atoms with Gasteiger partial charge >= 0.3 is 0 Å². The lowest BCUT2D eigenvalue weighted by Crippen LogP contribution is -2.34. The smallest absolute Gasteiger partial charge is 0.216 e. The van der Waals surface area contributed by atoms with Crippen molar-refractivity contribution in [2.75, 3.05) is 6.54 Å². The van der Waals surface area contributed by atoms with Gasteiger partial charge in [0.15, 0.2) is 0 Å². The molecule has 0 aromatic carbocycles. The van der Waals surface area contributed by atoms with Crippen LogP contribution in [-0.2, 0) is 4.79 Å². The minimum Gasteiger partial charge on any atom is -0.388 e. The van der Waals surface area contributed by atoms with E-state index in [2.05, 4.69) is 10.3 Å². The number of aliphatic hydroxyl groups excluding tert-OH is 2. The van der Waals surface area contributed by atoms with E-state index in [1.807, 2.05) is 0 Å². The highest BCUT2D eigenvalue weighted by molar-refractivity contribution is 5.72. The van der Waals surface area contributed by atoms with Crippen LogP contribution in [0.5, 0.6) is 0 Å². The van der Waals surface area contributed by atoms with Gasteiger partial charge in [0.1, 0.15) is 12.2 Å². The van der Waals surface area contributed by atoms with E-state index in [4.69, 9.17) is 0 Å². The Morgan fingerprint density at radius 1 is 1.50 bits per heavy atom. The van der Waals surface area contributed by atoms with Crippen molar-refractivity contribution < 1.29 is 15.0 Å². The quantitative estimate of drug-likeness (QED) is 0.668. The molecule has 1 aromatic heterocycles. The van der Waals surface area contributed by atoms with Gasteiger partial charge in [0.05, 0.1) is 5.69 Å². The molecule has 2 atom stereocenters. The fourth-order valence-corrected chi connectivity index (χ4v) is 1.29. The molecule has 0 aliphatic heterocycles. The lowest BCUT2D eigenvalue weighted by atomic mass is 10.1. The molecule has 5 heteroatoms. The van der Waals surface area contributed by atoms with Crippen molar-refractivity contribution >= 4 is 5.91 Å². The molecule has 1 heterocycles. The zero-order valence-electron chi connectivity index (χ0n) is 9.34. The number of aromatic nitrogens is 1. The van der Waals surface area contributed by atoms with Crippen LogP contribution in [0.15, 0.2) is 18.2 Å². The summed E-state index contributed by atoms with van der Waals surface area (Å²) >= 11 is 0. The van der Waals surface area contributed by atoms with E-state index in [1.165, 1.54) is 6.92 Å². The molecule has 5 nitrogen and oxygen atoms in total. The molecule has 0 spiro atoms. The molecule has 3 N–H and O–H groups in total. The highest BCUT2D eigenvalue weighted by Gasteiger charge is 2.19. The fourth-order valence-electron chi connectivity index (χ4n) is 1.29. The molecule has 0 bridgehead atoms. The molecule has 0 saturated heterocycles. The Morgan fingerprint density at radius 3 is 2.75 bits per heavy atom. The molecule has 1 amide bonds. The van der Waals surface area contributed by atoms with Gasteiger partial charge in [-0.1, -0.05) is 6.07 Å². The van der Waals surface area contributed by atoms with Gasteiger partial charge in [-0.25, -0.2) is 0 Å². The maximum atomic E-state index is 10.6. The van der Waals surface area contributed by atoms with Gasteiger partial charge in [0, 0.05) is 19.2 Å². The number of aryl methyl sites for hydroxylation is 1. The van der Waals surface area contributed by atoms with Crippen LogP contribution in [0.4, 0.5) is 0 Å². The first-order chi connectivity index (χ1) is 7.50. The van der Waals surface area contributed by atoms with Crippen molar-refractivity contribution in [1.29, 1.82) is 0 Å². The number of hydrogen-bond acceptors (Lipinski definition) is 4. The summed E-state index contributed by atoms with van der Waals surface area (Å²) in [6, 6.07) is 5.19. The molecular formula is C11H16N2O3. The molecule has 1 aromatic rings. The van der Waals surface area contributed by atoms with Crippen molar-refractivity contribution in [2.45, 2.75) is 26.1 Å². The van der Waals surface area contributed by atoms with Crippen LogP contribution >= 0.6 is 0 Å². The number of carbonyl (C=O) groups is 1. The predicted molar refractivity (Wildman–Crippen MR) is 58.6 cm³/mol. The van der Waals surface area contributed by atoms with Crippen molar-refractivity contribution in [1.82, 2.24) is 10.3 Å². The highest BCUT2D eigenvalue weighted by atomic mass is 16.3.